The van der Waals surface area contributed by atoms with Gasteiger partial charge in [0.2, 0.25) is 0 Å². The van der Waals surface area contributed by atoms with Crippen molar-refractivity contribution in [2.75, 3.05) is 5.32 Å². The van der Waals surface area contributed by atoms with Crippen molar-refractivity contribution in [2.24, 2.45) is 0 Å². The summed E-state index contributed by atoms with van der Waals surface area (Å²) in [6, 6.07) is 14.7. The van der Waals surface area contributed by atoms with E-state index >= 15 is 0 Å². The Balaban J connectivity index is 1.87. The van der Waals surface area contributed by atoms with Crippen LogP contribution in [-0.2, 0) is 0 Å². The van der Waals surface area contributed by atoms with E-state index in [1.807, 2.05) is 36.4 Å². The van der Waals surface area contributed by atoms with Gasteiger partial charge in [-0.3, -0.25) is 4.79 Å². The minimum Gasteiger partial charge on any atom is -0.322 e. The molecule has 3 rings (SSSR count). The molecule has 0 unspecified atom stereocenters. The summed E-state index contributed by atoms with van der Waals surface area (Å²) in [5.41, 5.74) is 2.11. The molecule has 4 nitrogen and oxygen atoms in total. The van der Waals surface area contributed by atoms with Gasteiger partial charge < -0.3 is 5.32 Å². The van der Waals surface area contributed by atoms with Gasteiger partial charge in [-0.05, 0) is 41.9 Å². The lowest BCUT2D eigenvalue weighted by Crippen LogP contribution is -2.11. The number of anilines is 1. The Morgan fingerprint density at radius 1 is 1.11 bits per heavy atom. The Labute approximate surface area is 107 Å². The number of aromatic nitrogens is 2. The molecule has 0 bridgehead atoms. The summed E-state index contributed by atoms with van der Waals surface area (Å²) in [4.78, 5) is 12.0. The summed E-state index contributed by atoms with van der Waals surface area (Å²) in [5.74, 6) is -0.142. The van der Waals surface area contributed by atoms with Crippen molar-refractivity contribution in [3.8, 4) is 0 Å². The lowest BCUT2D eigenvalue weighted by atomic mass is 10.2. The number of benzene rings is 2. The van der Waals surface area contributed by atoms with Gasteiger partial charge in [-0.25, -0.2) is 0 Å². The maximum atomic E-state index is 12.0. The average molecular weight is 255 g/mol. The minimum atomic E-state index is -0.142. The van der Waals surface area contributed by atoms with Crippen LogP contribution in [0.1, 0.15) is 10.4 Å². The molecule has 0 aliphatic carbocycles. The number of hydrogen-bond acceptors (Lipinski definition) is 4. The quantitative estimate of drug-likeness (QED) is 0.766. The fourth-order valence-electron chi connectivity index (χ4n) is 1.65. The van der Waals surface area contributed by atoms with E-state index in [4.69, 9.17) is 0 Å². The zero-order chi connectivity index (χ0) is 12.4. The first-order valence-corrected chi connectivity index (χ1v) is 6.19. The van der Waals surface area contributed by atoms with Crippen molar-refractivity contribution in [2.45, 2.75) is 0 Å². The van der Waals surface area contributed by atoms with Crippen LogP contribution >= 0.6 is 11.5 Å². The molecule has 5 heteroatoms. The van der Waals surface area contributed by atoms with Gasteiger partial charge in [0.1, 0.15) is 5.52 Å². The van der Waals surface area contributed by atoms with Gasteiger partial charge in [-0.1, -0.05) is 22.7 Å². The van der Waals surface area contributed by atoms with Crippen molar-refractivity contribution in [3.05, 3.63) is 54.1 Å². The highest BCUT2D eigenvalue weighted by atomic mass is 32.1. The topological polar surface area (TPSA) is 54.9 Å². The molecule has 0 radical (unpaired) electrons. The molecule has 1 N–H and O–H groups in total. The van der Waals surface area contributed by atoms with Crippen LogP contribution < -0.4 is 5.32 Å². The molecule has 0 spiro atoms. The lowest BCUT2D eigenvalue weighted by molar-refractivity contribution is 0.102. The van der Waals surface area contributed by atoms with Gasteiger partial charge in [-0.15, -0.1) is 5.10 Å². The van der Waals surface area contributed by atoms with E-state index in [0.717, 1.165) is 15.9 Å². The number of para-hydroxylation sites is 1. The third kappa shape index (κ3) is 2.08. The van der Waals surface area contributed by atoms with Crippen LogP contribution in [0.25, 0.3) is 10.2 Å². The number of amides is 1. The highest BCUT2D eigenvalue weighted by molar-refractivity contribution is 7.12. The molecular weight excluding hydrogens is 246 g/mol. The number of nitrogens with one attached hydrogen (secondary N) is 1. The molecule has 0 aliphatic rings. The Bertz CT molecular complexity index is 694. The van der Waals surface area contributed by atoms with Crippen molar-refractivity contribution >= 4 is 33.3 Å². The van der Waals surface area contributed by atoms with Crippen LogP contribution in [0.5, 0.6) is 0 Å². The number of nitrogens with zero attached hydrogens (tertiary/aromatic N) is 2. The van der Waals surface area contributed by atoms with Gasteiger partial charge in [0, 0.05) is 11.3 Å². The highest BCUT2D eigenvalue weighted by Gasteiger charge is 2.08. The van der Waals surface area contributed by atoms with Gasteiger partial charge in [0.15, 0.2) is 0 Å². The third-order valence-corrected chi connectivity index (χ3v) is 3.25. The smallest absolute Gasteiger partial charge is 0.255 e. The van der Waals surface area contributed by atoms with Gasteiger partial charge in [0.05, 0.1) is 4.70 Å². The predicted octanol–water partition coefficient (Wildman–Crippen LogP) is 2.94. The summed E-state index contributed by atoms with van der Waals surface area (Å²) in [7, 11) is 0. The SMILES string of the molecule is O=C(Nc1ccccc1)c1ccc2snnc2c1. The zero-order valence-electron chi connectivity index (χ0n) is 9.33. The molecule has 0 saturated heterocycles. The first-order valence-electron chi connectivity index (χ1n) is 5.41. The number of carbonyl (C=O) groups excluding carboxylic acids is 1. The maximum absolute atomic E-state index is 12.0. The van der Waals surface area contributed by atoms with Crippen LogP contribution in [0.2, 0.25) is 0 Å². The van der Waals surface area contributed by atoms with E-state index in [1.165, 1.54) is 11.5 Å². The lowest BCUT2D eigenvalue weighted by Gasteiger charge is -2.04. The molecule has 18 heavy (non-hydrogen) atoms. The van der Waals surface area contributed by atoms with E-state index in [9.17, 15) is 4.79 Å². The molecule has 0 atom stereocenters. The first-order chi connectivity index (χ1) is 8.83. The summed E-state index contributed by atoms with van der Waals surface area (Å²) in [6.07, 6.45) is 0. The molecule has 1 aromatic heterocycles. The number of rotatable bonds is 2. The predicted molar refractivity (Wildman–Crippen MR) is 71.8 cm³/mol. The normalized spacial score (nSPS) is 10.4. The molecule has 0 aliphatic heterocycles. The molecule has 1 heterocycles. The van der Waals surface area contributed by atoms with E-state index < -0.39 is 0 Å². The minimum absolute atomic E-state index is 0.142. The van der Waals surface area contributed by atoms with Crippen LogP contribution in [0.4, 0.5) is 5.69 Å². The van der Waals surface area contributed by atoms with Crippen LogP contribution in [-0.4, -0.2) is 15.5 Å². The average Bonchev–Trinajstić information content (AvgIpc) is 2.87. The van der Waals surface area contributed by atoms with Crippen molar-refractivity contribution in [1.82, 2.24) is 9.59 Å². The first kappa shape index (κ1) is 10.9. The van der Waals surface area contributed by atoms with Crippen LogP contribution in [0, 0.1) is 0 Å². The van der Waals surface area contributed by atoms with Gasteiger partial charge >= 0.3 is 0 Å². The Hall–Kier alpha value is -2.27. The maximum Gasteiger partial charge on any atom is 0.255 e. The van der Waals surface area contributed by atoms with E-state index in [0.29, 0.717) is 5.56 Å². The third-order valence-electron chi connectivity index (χ3n) is 2.54. The van der Waals surface area contributed by atoms with E-state index in [-0.39, 0.29) is 5.91 Å². The Morgan fingerprint density at radius 3 is 2.78 bits per heavy atom. The summed E-state index contributed by atoms with van der Waals surface area (Å²) in [5, 5.41) is 6.79. The van der Waals surface area contributed by atoms with Crippen molar-refractivity contribution in [1.29, 1.82) is 0 Å². The summed E-state index contributed by atoms with van der Waals surface area (Å²) < 4.78 is 4.82. The molecule has 88 valence electrons. The Kier molecular flexibility index (Phi) is 2.74. The molecular formula is C13H9N3OS. The van der Waals surface area contributed by atoms with Crippen molar-refractivity contribution in [3.63, 3.8) is 0 Å². The van der Waals surface area contributed by atoms with Crippen LogP contribution in [0.15, 0.2) is 48.5 Å². The fourth-order valence-corrected chi connectivity index (χ4v) is 2.19. The molecule has 0 fully saturated rings. The number of carbonyl (C=O) groups is 1. The van der Waals surface area contributed by atoms with Crippen molar-refractivity contribution < 1.29 is 4.79 Å². The fraction of sp³-hybridized carbons (Fsp3) is 0. The Morgan fingerprint density at radius 2 is 1.94 bits per heavy atom. The molecule has 1 amide bonds. The molecule has 0 saturated carbocycles. The molecule has 3 aromatic rings. The summed E-state index contributed by atoms with van der Waals surface area (Å²) in [6.45, 7) is 0. The number of fused-ring (bicyclic) bond motifs is 1. The van der Waals surface area contributed by atoms with E-state index in [1.54, 1.807) is 12.1 Å². The summed E-state index contributed by atoms with van der Waals surface area (Å²) >= 11 is 1.32. The van der Waals surface area contributed by atoms with Gasteiger partial charge in [0.25, 0.3) is 5.91 Å². The number of hydrogen-bond donors (Lipinski definition) is 1. The zero-order valence-corrected chi connectivity index (χ0v) is 10.1. The second-order valence-corrected chi connectivity index (χ2v) is 4.56. The standard InChI is InChI=1S/C13H9N3OS/c17-13(14-10-4-2-1-3-5-10)9-6-7-12-11(8-9)15-16-18-12/h1-8H,(H,14,17). The highest BCUT2D eigenvalue weighted by Crippen LogP contribution is 2.17. The largest absolute Gasteiger partial charge is 0.322 e. The second-order valence-electron chi connectivity index (χ2n) is 3.78. The van der Waals surface area contributed by atoms with Crippen LogP contribution in [0.3, 0.4) is 0 Å². The van der Waals surface area contributed by atoms with E-state index in [2.05, 4.69) is 14.9 Å². The van der Waals surface area contributed by atoms with Gasteiger partial charge in [-0.2, -0.15) is 0 Å². The second kappa shape index (κ2) is 4.54. The molecule has 2 aromatic carbocycles. The monoisotopic (exact) mass is 255 g/mol.